The Kier molecular flexibility index (Phi) is 9.19. The van der Waals surface area contributed by atoms with E-state index in [-0.39, 0.29) is 0 Å². The average Bonchev–Trinajstić information content (AvgIpc) is 3.28. The normalized spacial score (nSPS) is 10.9. The zero-order valence-corrected chi connectivity index (χ0v) is 29.7. The highest BCUT2D eigenvalue weighted by Crippen LogP contribution is 2.35. The Morgan fingerprint density at radius 1 is 0.273 bits per heavy atom. The first kappa shape index (κ1) is 33.3. The summed E-state index contributed by atoms with van der Waals surface area (Å²) in [7, 11) is 0. The average molecular weight is 708 g/mol. The number of para-hydroxylation sites is 1. The number of hydrogen-bond acceptors (Lipinski definition) is 6. The van der Waals surface area contributed by atoms with E-state index < -0.39 is 0 Å². The largest absolute Gasteiger partial charge is 0.457 e. The standard InChI is InChI=1S/C49H33N5O/c1-5-15-36(16-6-1)43-33-44(37-17-7-2-8-18-37)51-46(50-43)40-27-25-34(26-28-40)35-29-31-41(32-30-35)55-45-24-14-13-23-42(45)49-53-47(38-19-9-3-10-20-38)52-48(54-49)39-21-11-4-12-22-39/h1-33H. The minimum atomic E-state index is 0.536. The molecule has 2 heterocycles. The van der Waals surface area contributed by atoms with E-state index in [1.165, 1.54) is 0 Å². The molecule has 0 aliphatic heterocycles. The second kappa shape index (κ2) is 15.2. The van der Waals surface area contributed by atoms with Crippen LogP contribution in [0.1, 0.15) is 0 Å². The van der Waals surface area contributed by atoms with Crippen molar-refractivity contribution in [2.75, 3.05) is 0 Å². The maximum atomic E-state index is 6.50. The molecule has 0 fully saturated rings. The monoisotopic (exact) mass is 707 g/mol. The van der Waals surface area contributed by atoms with Crippen molar-refractivity contribution in [3.8, 4) is 90.7 Å². The van der Waals surface area contributed by atoms with E-state index in [4.69, 9.17) is 29.7 Å². The number of aromatic nitrogens is 5. The molecule has 0 saturated carbocycles. The van der Waals surface area contributed by atoms with Gasteiger partial charge in [-0.05, 0) is 41.5 Å². The molecule has 0 spiro atoms. The Morgan fingerprint density at radius 2 is 0.636 bits per heavy atom. The lowest BCUT2D eigenvalue weighted by molar-refractivity contribution is 0.484. The predicted octanol–water partition coefficient (Wildman–Crippen LogP) is 12.1. The fourth-order valence-corrected chi connectivity index (χ4v) is 6.41. The summed E-state index contributed by atoms with van der Waals surface area (Å²) in [6.45, 7) is 0. The Balaban J connectivity index is 0.989. The molecule has 7 aromatic carbocycles. The number of benzene rings is 7. The zero-order chi connectivity index (χ0) is 36.8. The molecule has 0 saturated heterocycles. The second-order valence-corrected chi connectivity index (χ2v) is 12.9. The van der Waals surface area contributed by atoms with E-state index >= 15 is 0 Å². The van der Waals surface area contributed by atoms with Gasteiger partial charge in [-0.3, -0.25) is 0 Å². The van der Waals surface area contributed by atoms with E-state index in [0.29, 0.717) is 34.8 Å². The number of nitrogens with zero attached hydrogens (tertiary/aromatic N) is 5. The Labute approximate surface area is 319 Å². The summed E-state index contributed by atoms with van der Waals surface area (Å²) in [6, 6.07) is 66.7. The van der Waals surface area contributed by atoms with Crippen LogP contribution in [-0.2, 0) is 0 Å². The first-order chi connectivity index (χ1) is 27.2. The number of hydrogen-bond donors (Lipinski definition) is 0. The third kappa shape index (κ3) is 7.38. The van der Waals surface area contributed by atoms with E-state index in [9.17, 15) is 0 Å². The zero-order valence-electron chi connectivity index (χ0n) is 29.7. The van der Waals surface area contributed by atoms with Gasteiger partial charge < -0.3 is 4.74 Å². The molecule has 0 atom stereocenters. The highest BCUT2D eigenvalue weighted by atomic mass is 16.5. The van der Waals surface area contributed by atoms with Crippen LogP contribution in [0.5, 0.6) is 11.5 Å². The summed E-state index contributed by atoms with van der Waals surface area (Å²) >= 11 is 0. The van der Waals surface area contributed by atoms with Gasteiger partial charge in [-0.1, -0.05) is 170 Å². The molecule has 0 aliphatic rings. The van der Waals surface area contributed by atoms with Gasteiger partial charge in [0, 0.05) is 27.8 Å². The smallest absolute Gasteiger partial charge is 0.167 e. The van der Waals surface area contributed by atoms with Crippen molar-refractivity contribution in [3.63, 3.8) is 0 Å². The van der Waals surface area contributed by atoms with Gasteiger partial charge in [-0.2, -0.15) is 0 Å². The summed E-state index contributed by atoms with van der Waals surface area (Å²) in [5.41, 5.74) is 9.54. The van der Waals surface area contributed by atoms with Crippen molar-refractivity contribution in [1.82, 2.24) is 24.9 Å². The van der Waals surface area contributed by atoms with Gasteiger partial charge in [0.05, 0.1) is 17.0 Å². The molecular formula is C49H33N5O. The number of ether oxygens (including phenoxy) is 1. The third-order valence-electron chi connectivity index (χ3n) is 9.25. The van der Waals surface area contributed by atoms with Crippen LogP contribution in [0.4, 0.5) is 0 Å². The quantitative estimate of drug-likeness (QED) is 0.149. The van der Waals surface area contributed by atoms with Crippen LogP contribution >= 0.6 is 0 Å². The first-order valence-corrected chi connectivity index (χ1v) is 18.1. The molecule has 260 valence electrons. The SMILES string of the molecule is c1ccc(-c2cc(-c3ccccc3)nc(-c3ccc(-c4ccc(Oc5ccccc5-c5nc(-c6ccccc6)nc(-c6ccccc6)n5)cc4)cc3)n2)cc1. The second-order valence-electron chi connectivity index (χ2n) is 12.9. The van der Waals surface area contributed by atoms with Crippen molar-refractivity contribution < 1.29 is 4.74 Å². The molecule has 9 rings (SSSR count). The maximum Gasteiger partial charge on any atom is 0.167 e. The molecule has 9 aromatic rings. The Hall–Kier alpha value is -7.57. The molecule has 0 N–H and O–H groups in total. The van der Waals surface area contributed by atoms with E-state index in [1.807, 2.05) is 133 Å². The van der Waals surface area contributed by atoms with E-state index in [0.717, 1.165) is 55.9 Å². The highest BCUT2D eigenvalue weighted by Gasteiger charge is 2.16. The lowest BCUT2D eigenvalue weighted by Gasteiger charge is -2.13. The summed E-state index contributed by atoms with van der Waals surface area (Å²) in [5.74, 6) is 3.77. The summed E-state index contributed by atoms with van der Waals surface area (Å²) < 4.78 is 6.50. The van der Waals surface area contributed by atoms with Gasteiger partial charge >= 0.3 is 0 Å². The Morgan fingerprint density at radius 3 is 1.15 bits per heavy atom. The molecular weight excluding hydrogens is 675 g/mol. The molecule has 6 nitrogen and oxygen atoms in total. The fourth-order valence-electron chi connectivity index (χ4n) is 6.41. The minimum Gasteiger partial charge on any atom is -0.457 e. The highest BCUT2D eigenvalue weighted by molar-refractivity contribution is 5.74. The van der Waals surface area contributed by atoms with Gasteiger partial charge in [0.25, 0.3) is 0 Å². The van der Waals surface area contributed by atoms with Crippen molar-refractivity contribution in [2.24, 2.45) is 0 Å². The number of rotatable bonds is 9. The van der Waals surface area contributed by atoms with Crippen LogP contribution in [0.15, 0.2) is 200 Å². The van der Waals surface area contributed by atoms with Crippen LogP contribution in [0.2, 0.25) is 0 Å². The van der Waals surface area contributed by atoms with Crippen LogP contribution in [0.3, 0.4) is 0 Å². The molecule has 0 unspecified atom stereocenters. The maximum absolute atomic E-state index is 6.50. The van der Waals surface area contributed by atoms with Crippen molar-refractivity contribution in [2.45, 2.75) is 0 Å². The van der Waals surface area contributed by atoms with Crippen LogP contribution < -0.4 is 4.74 Å². The summed E-state index contributed by atoms with van der Waals surface area (Å²) in [6.07, 6.45) is 0. The Bertz CT molecular complexity index is 2570. The van der Waals surface area contributed by atoms with Gasteiger partial charge in [0.1, 0.15) is 11.5 Å². The third-order valence-corrected chi connectivity index (χ3v) is 9.25. The summed E-state index contributed by atoms with van der Waals surface area (Å²) in [5, 5.41) is 0. The van der Waals surface area contributed by atoms with Gasteiger partial charge in [-0.15, -0.1) is 0 Å². The van der Waals surface area contributed by atoms with Crippen molar-refractivity contribution in [1.29, 1.82) is 0 Å². The van der Waals surface area contributed by atoms with Gasteiger partial charge in [0.15, 0.2) is 23.3 Å². The van der Waals surface area contributed by atoms with E-state index in [1.54, 1.807) is 0 Å². The minimum absolute atomic E-state index is 0.536. The van der Waals surface area contributed by atoms with Crippen molar-refractivity contribution >= 4 is 0 Å². The van der Waals surface area contributed by atoms with E-state index in [2.05, 4.69) is 66.7 Å². The van der Waals surface area contributed by atoms with Crippen molar-refractivity contribution in [3.05, 3.63) is 200 Å². The molecule has 6 heteroatoms. The molecule has 0 aliphatic carbocycles. The fraction of sp³-hybridized carbons (Fsp3) is 0. The molecule has 55 heavy (non-hydrogen) atoms. The van der Waals surface area contributed by atoms with Crippen LogP contribution in [-0.4, -0.2) is 24.9 Å². The topological polar surface area (TPSA) is 73.7 Å². The molecule has 0 bridgehead atoms. The first-order valence-electron chi connectivity index (χ1n) is 18.1. The lowest BCUT2D eigenvalue weighted by Crippen LogP contribution is -2.01. The molecule has 2 aromatic heterocycles. The van der Waals surface area contributed by atoms with Crippen LogP contribution in [0, 0.1) is 0 Å². The summed E-state index contributed by atoms with van der Waals surface area (Å²) in [4.78, 5) is 24.6. The van der Waals surface area contributed by atoms with Gasteiger partial charge in [-0.25, -0.2) is 24.9 Å². The molecule has 0 radical (unpaired) electrons. The lowest BCUT2D eigenvalue weighted by atomic mass is 10.0. The van der Waals surface area contributed by atoms with Gasteiger partial charge in [0.2, 0.25) is 0 Å². The molecule has 0 amide bonds. The predicted molar refractivity (Wildman–Crippen MR) is 220 cm³/mol. The van der Waals surface area contributed by atoms with Crippen LogP contribution in [0.25, 0.3) is 79.2 Å².